The first-order valence-corrected chi connectivity index (χ1v) is 8.03. The van der Waals surface area contributed by atoms with E-state index in [1.165, 1.54) is 6.07 Å². The molecule has 0 saturated heterocycles. The van der Waals surface area contributed by atoms with E-state index in [0.29, 0.717) is 11.6 Å². The van der Waals surface area contributed by atoms with Crippen molar-refractivity contribution in [1.29, 1.82) is 0 Å². The summed E-state index contributed by atoms with van der Waals surface area (Å²) in [6.45, 7) is 0. The number of rotatable bonds is 4. The van der Waals surface area contributed by atoms with E-state index in [1.807, 2.05) is 24.3 Å². The molecule has 0 saturated carbocycles. The van der Waals surface area contributed by atoms with Crippen LogP contribution in [0.25, 0.3) is 11.3 Å². The lowest BCUT2D eigenvalue weighted by molar-refractivity contribution is 0.314. The van der Waals surface area contributed by atoms with Crippen LogP contribution in [0.2, 0.25) is 0 Å². The molecule has 0 atom stereocenters. The van der Waals surface area contributed by atoms with Gasteiger partial charge in [-0.3, -0.25) is 0 Å². The van der Waals surface area contributed by atoms with E-state index >= 15 is 0 Å². The second-order valence-corrected chi connectivity index (χ2v) is 5.99. The summed E-state index contributed by atoms with van der Waals surface area (Å²) in [6, 6.07) is 13.8. The first-order chi connectivity index (χ1) is 12.2. The number of hydrogen-bond acceptors (Lipinski definition) is 7. The minimum atomic E-state index is -0.406. The lowest BCUT2D eigenvalue weighted by Gasteiger charge is -2.12. The number of benzene rings is 2. The molecular weight excluding hydrogens is 391 g/mol. The van der Waals surface area contributed by atoms with Crippen molar-refractivity contribution in [3.05, 3.63) is 58.8 Å². The van der Waals surface area contributed by atoms with Crippen LogP contribution < -0.4 is 10.6 Å². The maximum Gasteiger partial charge on any atom is 0.245 e. The molecule has 4 rings (SSSR count). The summed E-state index contributed by atoms with van der Waals surface area (Å²) >= 11 is 3.41. The first kappa shape index (κ1) is 15.5. The first-order valence-electron chi connectivity index (χ1n) is 7.23. The van der Waals surface area contributed by atoms with E-state index in [-0.39, 0.29) is 17.0 Å². The molecule has 2 aromatic carbocycles. The maximum atomic E-state index is 14.0. The van der Waals surface area contributed by atoms with Gasteiger partial charge in [0, 0.05) is 10.2 Å². The van der Waals surface area contributed by atoms with Crippen LogP contribution >= 0.6 is 15.9 Å². The molecule has 0 fully saturated rings. The van der Waals surface area contributed by atoms with Gasteiger partial charge in [0.1, 0.15) is 5.82 Å². The van der Waals surface area contributed by atoms with Crippen LogP contribution in [-0.2, 0) is 0 Å². The molecule has 0 amide bonds. The van der Waals surface area contributed by atoms with Crippen molar-refractivity contribution in [3.63, 3.8) is 0 Å². The second-order valence-electron chi connectivity index (χ2n) is 5.07. The normalized spacial score (nSPS) is 10.8. The molecule has 0 bridgehead atoms. The Hall–Kier alpha value is -3.07. The molecule has 0 aliphatic carbocycles. The van der Waals surface area contributed by atoms with Gasteiger partial charge in [-0.25, -0.2) is 19.0 Å². The maximum absolute atomic E-state index is 14.0. The summed E-state index contributed by atoms with van der Waals surface area (Å²) < 4.78 is 19.5. The zero-order chi connectivity index (χ0) is 17.2. The number of fused-ring (bicyclic) bond motifs is 1. The van der Waals surface area contributed by atoms with Gasteiger partial charge < -0.3 is 10.6 Å². The predicted molar refractivity (Wildman–Crippen MR) is 94.5 cm³/mol. The highest BCUT2D eigenvalue weighted by Gasteiger charge is 2.14. The van der Waals surface area contributed by atoms with E-state index < -0.39 is 5.82 Å². The molecular formula is C16H10BrFN6O. The van der Waals surface area contributed by atoms with Crippen molar-refractivity contribution in [3.8, 4) is 0 Å². The zero-order valence-corrected chi connectivity index (χ0v) is 14.2. The summed E-state index contributed by atoms with van der Waals surface area (Å²) in [5.41, 5.74) is 1.51. The highest BCUT2D eigenvalue weighted by Crippen LogP contribution is 2.28. The number of anilines is 4. The summed E-state index contributed by atoms with van der Waals surface area (Å²) in [7, 11) is 0. The van der Waals surface area contributed by atoms with Gasteiger partial charge in [0.05, 0.1) is 5.69 Å². The quantitative estimate of drug-likeness (QED) is 0.524. The van der Waals surface area contributed by atoms with Gasteiger partial charge in [-0.15, -0.1) is 0 Å². The number of hydrogen-bond donors (Lipinski definition) is 2. The fraction of sp³-hybridized carbons (Fsp3) is 0. The van der Waals surface area contributed by atoms with Gasteiger partial charge in [0.2, 0.25) is 11.3 Å². The Kier molecular flexibility index (Phi) is 3.98. The minimum Gasteiger partial charge on any atom is -0.337 e. The Labute approximate surface area is 149 Å². The van der Waals surface area contributed by atoms with Crippen LogP contribution in [0.3, 0.4) is 0 Å². The van der Waals surface area contributed by atoms with Gasteiger partial charge in [-0.05, 0) is 40.6 Å². The molecule has 25 heavy (non-hydrogen) atoms. The average Bonchev–Trinajstić information content (AvgIpc) is 3.04. The number of nitrogens with zero attached hydrogens (tertiary/aromatic N) is 4. The van der Waals surface area contributed by atoms with E-state index in [9.17, 15) is 4.39 Å². The average molecular weight is 401 g/mol. The molecule has 7 nitrogen and oxygen atoms in total. The van der Waals surface area contributed by atoms with Crippen molar-refractivity contribution in [1.82, 2.24) is 20.3 Å². The highest BCUT2D eigenvalue weighted by molar-refractivity contribution is 9.10. The van der Waals surface area contributed by atoms with E-state index in [0.717, 1.165) is 10.2 Å². The Morgan fingerprint density at radius 3 is 2.32 bits per heavy atom. The Bertz CT molecular complexity index is 1050. The topological polar surface area (TPSA) is 88.8 Å². The SMILES string of the molecule is Fc1ccccc1Nc1nc2nonc2nc1Nc1cccc(Br)c1. The van der Waals surface area contributed by atoms with Gasteiger partial charge in [-0.2, -0.15) is 0 Å². The Morgan fingerprint density at radius 1 is 0.880 bits per heavy atom. The van der Waals surface area contributed by atoms with Crippen LogP contribution in [0.1, 0.15) is 0 Å². The van der Waals surface area contributed by atoms with Crippen LogP contribution in [0.5, 0.6) is 0 Å². The number of aromatic nitrogens is 4. The standard InChI is InChI=1S/C16H10BrFN6O/c17-9-4-3-5-10(8-9)19-13-14(20-12-7-2-1-6-11(12)18)22-16-15(21-13)23-25-24-16/h1-8H,(H,19,21,23)(H,20,22,24). The lowest BCUT2D eigenvalue weighted by Crippen LogP contribution is -2.04. The van der Waals surface area contributed by atoms with Gasteiger partial charge in [0.25, 0.3) is 0 Å². The van der Waals surface area contributed by atoms with Crippen molar-refractivity contribution < 1.29 is 9.02 Å². The lowest BCUT2D eigenvalue weighted by atomic mass is 10.3. The number of para-hydroxylation sites is 1. The largest absolute Gasteiger partial charge is 0.337 e. The molecule has 9 heteroatoms. The van der Waals surface area contributed by atoms with Crippen LogP contribution in [-0.4, -0.2) is 20.3 Å². The summed E-state index contributed by atoms with van der Waals surface area (Å²) in [4.78, 5) is 8.65. The molecule has 2 heterocycles. The smallest absolute Gasteiger partial charge is 0.245 e. The minimum absolute atomic E-state index is 0.221. The van der Waals surface area contributed by atoms with Gasteiger partial charge in [0.15, 0.2) is 11.6 Å². The van der Waals surface area contributed by atoms with E-state index in [4.69, 9.17) is 0 Å². The highest BCUT2D eigenvalue weighted by atomic mass is 79.9. The predicted octanol–water partition coefficient (Wildman–Crippen LogP) is 4.40. The zero-order valence-electron chi connectivity index (χ0n) is 12.6. The molecule has 0 aliphatic rings. The third-order valence-corrected chi connectivity index (χ3v) is 3.82. The Balaban J connectivity index is 1.77. The fourth-order valence-corrected chi connectivity index (χ4v) is 2.60. The van der Waals surface area contributed by atoms with Crippen molar-refractivity contribution in [2.24, 2.45) is 0 Å². The van der Waals surface area contributed by atoms with E-state index in [1.54, 1.807) is 18.2 Å². The van der Waals surface area contributed by atoms with Gasteiger partial charge in [-0.1, -0.05) is 34.1 Å². The molecule has 0 radical (unpaired) electrons. The monoisotopic (exact) mass is 400 g/mol. The van der Waals surface area contributed by atoms with Gasteiger partial charge >= 0.3 is 0 Å². The van der Waals surface area contributed by atoms with Crippen molar-refractivity contribution in [2.45, 2.75) is 0 Å². The molecule has 2 aromatic heterocycles. The molecule has 0 aliphatic heterocycles. The number of nitrogens with one attached hydrogen (secondary N) is 2. The molecule has 2 N–H and O–H groups in total. The third kappa shape index (κ3) is 3.26. The summed E-state index contributed by atoms with van der Waals surface area (Å²) in [6.07, 6.45) is 0. The van der Waals surface area contributed by atoms with Crippen LogP contribution in [0.15, 0.2) is 57.6 Å². The fourth-order valence-electron chi connectivity index (χ4n) is 2.21. The van der Waals surface area contributed by atoms with Crippen LogP contribution in [0, 0.1) is 5.82 Å². The summed E-state index contributed by atoms with van der Waals surface area (Å²) in [5.74, 6) is 0.258. The molecule has 0 unspecified atom stereocenters. The molecule has 0 spiro atoms. The summed E-state index contributed by atoms with van der Waals surface area (Å²) in [5, 5.41) is 13.4. The van der Waals surface area contributed by atoms with E-state index in [2.05, 4.69) is 51.5 Å². The second kappa shape index (κ2) is 6.44. The Morgan fingerprint density at radius 2 is 1.60 bits per heavy atom. The van der Waals surface area contributed by atoms with Crippen LogP contribution in [0.4, 0.5) is 27.4 Å². The third-order valence-electron chi connectivity index (χ3n) is 3.33. The molecule has 124 valence electrons. The van der Waals surface area contributed by atoms with Crippen molar-refractivity contribution >= 4 is 50.2 Å². The van der Waals surface area contributed by atoms with Crippen molar-refractivity contribution in [2.75, 3.05) is 10.6 Å². The number of halogens is 2. The molecule has 4 aromatic rings.